The first-order valence-electron chi connectivity index (χ1n) is 11.6. The molecule has 0 spiro atoms. The molecule has 0 saturated carbocycles. The molecule has 3 amide bonds. The summed E-state index contributed by atoms with van der Waals surface area (Å²) in [4.78, 5) is 49.9. The van der Waals surface area contributed by atoms with Crippen molar-refractivity contribution in [1.29, 1.82) is 0 Å². The average Bonchev–Trinajstić information content (AvgIpc) is 3.46. The van der Waals surface area contributed by atoms with E-state index in [0.29, 0.717) is 16.9 Å². The number of benzene rings is 3. The summed E-state index contributed by atoms with van der Waals surface area (Å²) < 4.78 is 0. The Morgan fingerprint density at radius 3 is 2.26 bits per heavy atom. The van der Waals surface area contributed by atoms with Crippen molar-refractivity contribution >= 4 is 64.2 Å². The molecule has 0 fully saturated rings. The molecule has 0 radical (unpaired) electrons. The Hall–Kier alpha value is -4.67. The van der Waals surface area contributed by atoms with E-state index in [2.05, 4.69) is 16.0 Å². The molecule has 4 rings (SSSR count). The van der Waals surface area contributed by atoms with Gasteiger partial charge in [-0.25, -0.2) is 4.79 Å². The third-order valence-electron chi connectivity index (χ3n) is 5.26. The van der Waals surface area contributed by atoms with E-state index in [1.807, 2.05) is 16.8 Å². The van der Waals surface area contributed by atoms with Gasteiger partial charge in [-0.1, -0.05) is 24.3 Å². The van der Waals surface area contributed by atoms with E-state index in [0.717, 1.165) is 10.5 Å². The molecule has 0 aliphatic rings. The number of thiophene rings is 1. The maximum absolute atomic E-state index is 13.1. The van der Waals surface area contributed by atoms with Crippen LogP contribution in [0.4, 0.5) is 11.4 Å². The van der Waals surface area contributed by atoms with Gasteiger partial charge >= 0.3 is 5.97 Å². The van der Waals surface area contributed by atoms with Crippen LogP contribution in [0.3, 0.4) is 0 Å². The first-order valence-corrected chi connectivity index (χ1v) is 13.6. The molecule has 10 heteroatoms. The summed E-state index contributed by atoms with van der Waals surface area (Å²) >= 11 is 2.77. The zero-order valence-electron chi connectivity index (χ0n) is 20.4. The van der Waals surface area contributed by atoms with Gasteiger partial charge in [0.05, 0.1) is 11.3 Å². The quantitative estimate of drug-likeness (QED) is 0.149. The van der Waals surface area contributed by atoms with Crippen molar-refractivity contribution in [2.45, 2.75) is 4.90 Å². The number of hydrogen-bond acceptors (Lipinski definition) is 6. The van der Waals surface area contributed by atoms with Crippen LogP contribution in [0.5, 0.6) is 0 Å². The number of carboxylic acid groups (broad SMARTS) is 1. The van der Waals surface area contributed by atoms with Crippen LogP contribution < -0.4 is 16.0 Å². The van der Waals surface area contributed by atoms with Crippen molar-refractivity contribution in [3.05, 3.63) is 118 Å². The van der Waals surface area contributed by atoms with Crippen LogP contribution in [0.15, 0.2) is 106 Å². The molecular weight excluding hydrogens is 534 g/mol. The third kappa shape index (κ3) is 8.16. The van der Waals surface area contributed by atoms with Crippen LogP contribution in [0.1, 0.15) is 26.3 Å². The fourth-order valence-electron chi connectivity index (χ4n) is 3.38. The van der Waals surface area contributed by atoms with Crippen LogP contribution in [-0.4, -0.2) is 34.6 Å². The predicted molar refractivity (Wildman–Crippen MR) is 154 cm³/mol. The van der Waals surface area contributed by atoms with Crippen LogP contribution in [0, 0.1) is 0 Å². The van der Waals surface area contributed by atoms with E-state index in [1.165, 1.54) is 35.2 Å². The lowest BCUT2D eigenvalue weighted by atomic mass is 10.2. The second-order valence-electron chi connectivity index (χ2n) is 8.14. The van der Waals surface area contributed by atoms with E-state index in [-0.39, 0.29) is 22.9 Å². The molecule has 0 bridgehead atoms. The number of carbonyl (C=O) groups is 4. The number of nitrogens with one attached hydrogen (secondary N) is 3. The average molecular weight is 558 g/mol. The summed E-state index contributed by atoms with van der Waals surface area (Å²) in [7, 11) is 0. The highest BCUT2D eigenvalue weighted by molar-refractivity contribution is 8.00. The number of rotatable bonds is 10. The summed E-state index contributed by atoms with van der Waals surface area (Å²) in [6, 6.07) is 23.4. The monoisotopic (exact) mass is 557 g/mol. The zero-order valence-corrected chi connectivity index (χ0v) is 22.1. The molecule has 0 saturated heterocycles. The van der Waals surface area contributed by atoms with Crippen molar-refractivity contribution in [2.75, 3.05) is 16.4 Å². The fraction of sp³-hybridized carbons (Fsp3) is 0.0345. The van der Waals surface area contributed by atoms with Crippen LogP contribution in [0.25, 0.3) is 6.08 Å². The topological polar surface area (TPSA) is 125 Å². The van der Waals surface area contributed by atoms with E-state index in [4.69, 9.17) is 5.11 Å². The molecule has 4 N–H and O–H groups in total. The number of amides is 3. The number of aromatic carboxylic acids is 1. The van der Waals surface area contributed by atoms with E-state index >= 15 is 0 Å². The molecule has 0 unspecified atom stereocenters. The smallest absolute Gasteiger partial charge is 0.335 e. The second-order valence-corrected chi connectivity index (χ2v) is 9.96. The Labute approximate surface area is 232 Å². The molecule has 1 heterocycles. The summed E-state index contributed by atoms with van der Waals surface area (Å²) in [5.41, 5.74) is 2.34. The molecular formula is C29H23N3O5S2. The van der Waals surface area contributed by atoms with Gasteiger partial charge in [0.15, 0.2) is 0 Å². The molecule has 0 aliphatic carbocycles. The Morgan fingerprint density at radius 2 is 1.56 bits per heavy atom. The maximum Gasteiger partial charge on any atom is 0.335 e. The minimum Gasteiger partial charge on any atom is -0.478 e. The van der Waals surface area contributed by atoms with Gasteiger partial charge in [-0.3, -0.25) is 14.4 Å². The molecule has 8 nitrogen and oxygen atoms in total. The van der Waals surface area contributed by atoms with Crippen molar-refractivity contribution in [1.82, 2.24) is 5.32 Å². The summed E-state index contributed by atoms with van der Waals surface area (Å²) in [6.45, 7) is 0. The number of anilines is 2. The van der Waals surface area contributed by atoms with Gasteiger partial charge in [0.1, 0.15) is 5.70 Å². The molecule has 1 aromatic heterocycles. The highest BCUT2D eigenvalue weighted by atomic mass is 32.2. The molecule has 0 atom stereocenters. The minimum atomic E-state index is -1.07. The lowest BCUT2D eigenvalue weighted by Crippen LogP contribution is -2.30. The van der Waals surface area contributed by atoms with Crippen LogP contribution in [-0.2, 0) is 9.59 Å². The molecule has 0 aliphatic heterocycles. The number of hydrogen-bond donors (Lipinski definition) is 4. The highest BCUT2D eigenvalue weighted by Crippen LogP contribution is 2.22. The molecule has 3 aromatic carbocycles. The van der Waals surface area contributed by atoms with Gasteiger partial charge in [0.2, 0.25) is 5.91 Å². The highest BCUT2D eigenvalue weighted by Gasteiger charge is 2.15. The van der Waals surface area contributed by atoms with Gasteiger partial charge < -0.3 is 21.1 Å². The van der Waals surface area contributed by atoms with Crippen molar-refractivity contribution < 1.29 is 24.3 Å². The molecule has 196 valence electrons. The lowest BCUT2D eigenvalue weighted by molar-refractivity contribution is -0.114. The van der Waals surface area contributed by atoms with Gasteiger partial charge in [0, 0.05) is 21.8 Å². The fourth-order valence-corrected chi connectivity index (χ4v) is 4.69. The van der Waals surface area contributed by atoms with E-state index in [9.17, 15) is 19.2 Å². The number of carbonyl (C=O) groups excluding carboxylic acids is 3. The predicted octanol–water partition coefficient (Wildman–Crippen LogP) is 5.59. The summed E-state index contributed by atoms with van der Waals surface area (Å²) in [5.74, 6) is -2.11. The lowest BCUT2D eigenvalue weighted by Gasteiger charge is -2.11. The Balaban J connectivity index is 1.35. The Morgan fingerprint density at radius 1 is 0.821 bits per heavy atom. The van der Waals surface area contributed by atoms with Gasteiger partial charge in [0.25, 0.3) is 11.8 Å². The largest absolute Gasteiger partial charge is 0.478 e. The van der Waals surface area contributed by atoms with Gasteiger partial charge in [-0.2, -0.15) is 11.3 Å². The third-order valence-corrected chi connectivity index (χ3v) is 6.97. The van der Waals surface area contributed by atoms with Crippen molar-refractivity contribution in [3.8, 4) is 0 Å². The van der Waals surface area contributed by atoms with Crippen LogP contribution >= 0.6 is 23.1 Å². The normalized spacial score (nSPS) is 10.9. The van der Waals surface area contributed by atoms with Crippen LogP contribution in [0.2, 0.25) is 0 Å². The zero-order chi connectivity index (χ0) is 27.6. The number of carboxylic acids is 1. The second kappa shape index (κ2) is 13.2. The first kappa shape index (κ1) is 27.4. The van der Waals surface area contributed by atoms with E-state index < -0.39 is 17.8 Å². The Kier molecular flexibility index (Phi) is 9.28. The summed E-state index contributed by atoms with van der Waals surface area (Å²) in [6.07, 6.45) is 1.61. The van der Waals surface area contributed by atoms with Crippen molar-refractivity contribution in [3.63, 3.8) is 0 Å². The molecule has 39 heavy (non-hydrogen) atoms. The van der Waals surface area contributed by atoms with E-state index in [1.54, 1.807) is 72.8 Å². The van der Waals surface area contributed by atoms with Gasteiger partial charge in [-0.15, -0.1) is 11.8 Å². The summed E-state index contributed by atoms with van der Waals surface area (Å²) in [5, 5.41) is 21.0. The Bertz CT molecular complexity index is 1500. The van der Waals surface area contributed by atoms with Crippen molar-refractivity contribution in [2.24, 2.45) is 0 Å². The standard InChI is InChI=1S/C29H23N3O5S2/c33-26(30-23-8-4-7-21(16-23)29(36)37)18-39-24-11-9-22(10-12-24)31-28(35)25(15-19-13-14-38-17-19)32-27(34)20-5-2-1-3-6-20/h1-17H,18H2,(H,30,33)(H,31,35)(H,32,34)(H,36,37)/b25-15-. The SMILES string of the molecule is O=C(CSc1ccc(NC(=O)/C(=C/c2ccsc2)NC(=O)c2ccccc2)cc1)Nc1cccc(C(=O)O)c1. The number of thioether (sulfide) groups is 1. The van der Waals surface area contributed by atoms with Gasteiger partial charge in [-0.05, 0) is 83.1 Å². The maximum atomic E-state index is 13.1. The minimum absolute atomic E-state index is 0.0889. The molecule has 4 aromatic rings. The first-order chi connectivity index (χ1) is 18.9.